The lowest BCUT2D eigenvalue weighted by atomic mass is 10.1. The summed E-state index contributed by atoms with van der Waals surface area (Å²) in [6.45, 7) is 1.08. The largest absolute Gasteiger partial charge is 1.00 e. The molecule has 2 aromatic rings. The predicted molar refractivity (Wildman–Crippen MR) is 62.6 cm³/mol. The van der Waals surface area contributed by atoms with E-state index in [9.17, 15) is 0 Å². The van der Waals surface area contributed by atoms with Gasteiger partial charge in [0.25, 0.3) is 0 Å². The van der Waals surface area contributed by atoms with Crippen LogP contribution in [0.25, 0.3) is 0 Å². The Morgan fingerprint density at radius 3 is 2.39 bits per heavy atom. The molecule has 2 rings (SSSR count). The molecule has 0 saturated carbocycles. The van der Waals surface area contributed by atoms with E-state index in [-0.39, 0.29) is 41.0 Å². The Morgan fingerprint density at radius 2 is 1.72 bits per heavy atom. The topological polar surface area (TPSA) is 7.76 Å². The fourth-order valence-corrected chi connectivity index (χ4v) is 1.85. The van der Waals surface area contributed by atoms with Crippen molar-refractivity contribution in [3.8, 4) is 0 Å². The van der Waals surface area contributed by atoms with Gasteiger partial charge >= 0.3 is 0 Å². The molecule has 4 heteroatoms. The van der Waals surface area contributed by atoms with E-state index in [0.29, 0.717) is 0 Å². The van der Waals surface area contributed by atoms with Gasteiger partial charge < -0.3 is 41.0 Å². The predicted octanol–water partition coefficient (Wildman–Crippen LogP) is -4.56. The van der Waals surface area contributed by atoms with Gasteiger partial charge in [0.05, 0.1) is 0 Å². The van der Waals surface area contributed by atoms with Crippen molar-refractivity contribution in [3.63, 3.8) is 0 Å². The van der Waals surface area contributed by atoms with Gasteiger partial charge in [0.1, 0.15) is 13.6 Å². The number of pyridine rings is 2. The molecule has 0 fully saturated rings. The third-order valence-electron chi connectivity index (χ3n) is 2.66. The van der Waals surface area contributed by atoms with Crippen molar-refractivity contribution in [1.82, 2.24) is 0 Å². The maximum absolute atomic E-state index is 2.23. The lowest BCUT2D eigenvalue weighted by molar-refractivity contribution is -0.697. The van der Waals surface area contributed by atoms with Crippen LogP contribution in [0, 0.1) is 0 Å². The number of aryl methyl sites for hydroxylation is 3. The molecule has 2 nitrogen and oxygen atoms in total. The molecule has 0 radical (unpaired) electrons. The maximum atomic E-state index is 2.23. The average molecular weight is 421 g/mol. The van der Waals surface area contributed by atoms with Crippen LogP contribution in [-0.2, 0) is 20.0 Å². The summed E-state index contributed by atoms with van der Waals surface area (Å²) in [6.07, 6.45) is 10.8. The van der Waals surface area contributed by atoms with Crippen molar-refractivity contribution in [2.75, 3.05) is 0 Å². The van der Waals surface area contributed by atoms with Crippen LogP contribution in [0.4, 0.5) is 0 Å². The first-order chi connectivity index (χ1) is 7.84. The summed E-state index contributed by atoms with van der Waals surface area (Å²) >= 11 is 0. The van der Waals surface area contributed by atoms with E-state index in [2.05, 4.69) is 65.2 Å². The van der Waals surface area contributed by atoms with Gasteiger partial charge in [0.2, 0.25) is 0 Å². The van der Waals surface area contributed by atoms with Gasteiger partial charge in [-0.1, -0.05) is 6.07 Å². The van der Waals surface area contributed by atoms with Gasteiger partial charge in [-0.3, -0.25) is 0 Å². The van der Waals surface area contributed by atoms with Gasteiger partial charge in [0.15, 0.2) is 24.8 Å². The van der Waals surface area contributed by atoms with Crippen LogP contribution < -0.4 is 50.1 Å². The second kappa shape index (κ2) is 9.44. The molecule has 2 heterocycles. The number of nitrogens with zero attached hydrogens (tertiary/aromatic N) is 2. The number of hydrogen-bond donors (Lipinski definition) is 0. The zero-order valence-corrected chi connectivity index (χ0v) is 14.2. The van der Waals surface area contributed by atoms with Crippen LogP contribution >= 0.6 is 0 Å². The minimum atomic E-state index is 0. The Labute approximate surface area is 136 Å². The summed E-state index contributed by atoms with van der Waals surface area (Å²) in [5, 5.41) is 0. The Bertz CT molecular complexity index is 449. The first-order valence-electron chi connectivity index (χ1n) is 5.73. The van der Waals surface area contributed by atoms with Crippen LogP contribution in [-0.4, -0.2) is 0 Å². The molecular formula is C14H18BrIN2. The van der Waals surface area contributed by atoms with Gasteiger partial charge in [-0.2, -0.15) is 0 Å². The van der Waals surface area contributed by atoms with Crippen molar-refractivity contribution in [3.05, 3.63) is 60.7 Å². The normalized spacial score (nSPS) is 9.17. The van der Waals surface area contributed by atoms with Crippen molar-refractivity contribution in [1.29, 1.82) is 0 Å². The van der Waals surface area contributed by atoms with E-state index in [0.717, 1.165) is 13.0 Å². The Hall–Kier alpha value is -0.490. The zero-order chi connectivity index (χ0) is 11.2. The highest BCUT2D eigenvalue weighted by Gasteiger charge is 2.01. The molecule has 0 amide bonds. The molecule has 0 N–H and O–H groups in total. The van der Waals surface area contributed by atoms with Crippen LogP contribution in [0.5, 0.6) is 0 Å². The van der Waals surface area contributed by atoms with Crippen molar-refractivity contribution in [2.24, 2.45) is 7.05 Å². The minimum absolute atomic E-state index is 0. The average Bonchev–Trinajstić information content (AvgIpc) is 2.30. The quantitative estimate of drug-likeness (QED) is 0.347. The minimum Gasteiger partial charge on any atom is -1.00 e. The highest BCUT2D eigenvalue weighted by atomic mass is 127. The highest BCUT2D eigenvalue weighted by Crippen LogP contribution is 1.98. The second-order valence-corrected chi connectivity index (χ2v) is 4.09. The van der Waals surface area contributed by atoms with E-state index in [1.54, 1.807) is 0 Å². The molecule has 0 spiro atoms. The molecule has 0 atom stereocenters. The summed E-state index contributed by atoms with van der Waals surface area (Å²) in [6, 6.07) is 10.5. The summed E-state index contributed by atoms with van der Waals surface area (Å²) in [7, 11) is 2.06. The first kappa shape index (κ1) is 17.5. The molecule has 0 aliphatic rings. The molecule has 0 saturated heterocycles. The summed E-state index contributed by atoms with van der Waals surface area (Å²) in [5.41, 5.74) is 1.40. The highest BCUT2D eigenvalue weighted by molar-refractivity contribution is 5.04. The Kier molecular flexibility index (Phi) is 9.18. The summed E-state index contributed by atoms with van der Waals surface area (Å²) in [4.78, 5) is 0. The number of halogens is 2. The number of aromatic nitrogens is 2. The Balaban J connectivity index is 0.00000144. The van der Waals surface area contributed by atoms with Gasteiger partial charge in [-0.25, -0.2) is 9.13 Å². The van der Waals surface area contributed by atoms with Crippen LogP contribution in [0.2, 0.25) is 0 Å². The fourth-order valence-electron chi connectivity index (χ4n) is 1.85. The van der Waals surface area contributed by atoms with Crippen molar-refractivity contribution >= 4 is 0 Å². The van der Waals surface area contributed by atoms with Crippen LogP contribution in [0.3, 0.4) is 0 Å². The zero-order valence-electron chi connectivity index (χ0n) is 10.5. The molecule has 0 aliphatic carbocycles. The third-order valence-corrected chi connectivity index (χ3v) is 2.66. The lowest BCUT2D eigenvalue weighted by Crippen LogP contribution is -3.00. The summed E-state index contributed by atoms with van der Waals surface area (Å²) < 4.78 is 4.33. The van der Waals surface area contributed by atoms with Crippen LogP contribution in [0.15, 0.2) is 55.1 Å². The molecule has 98 valence electrons. The molecular weight excluding hydrogens is 403 g/mol. The van der Waals surface area contributed by atoms with Crippen molar-refractivity contribution in [2.45, 2.75) is 19.4 Å². The van der Waals surface area contributed by atoms with Crippen LogP contribution in [0.1, 0.15) is 12.0 Å². The van der Waals surface area contributed by atoms with Gasteiger partial charge in [-0.15, -0.1) is 0 Å². The molecule has 0 aliphatic heterocycles. The standard InChI is InChI=1S/C14H18N2.BrH.HI/c1-15-9-5-7-14(13-15)8-6-12-16-10-3-2-4-11-16;;/h2-5,7,9-11,13H,6,8,12H2,1H3;2*1H/q+2;;/p-2. The lowest BCUT2D eigenvalue weighted by Gasteiger charge is -1.97. The SMILES string of the molecule is C[n+]1cccc(CCC[n+]2ccccc2)c1.[Br-].[I-]. The molecule has 0 unspecified atom stereocenters. The van der Waals surface area contributed by atoms with E-state index in [1.807, 2.05) is 6.07 Å². The fraction of sp³-hybridized carbons (Fsp3) is 0.286. The smallest absolute Gasteiger partial charge is 0.171 e. The van der Waals surface area contributed by atoms with Gasteiger partial charge in [0, 0.05) is 30.2 Å². The van der Waals surface area contributed by atoms with E-state index in [1.165, 1.54) is 12.0 Å². The summed E-state index contributed by atoms with van der Waals surface area (Å²) in [5.74, 6) is 0. The molecule has 18 heavy (non-hydrogen) atoms. The monoisotopic (exact) mass is 420 g/mol. The number of hydrogen-bond acceptors (Lipinski definition) is 0. The maximum Gasteiger partial charge on any atom is 0.171 e. The van der Waals surface area contributed by atoms with E-state index >= 15 is 0 Å². The van der Waals surface area contributed by atoms with Gasteiger partial charge in [-0.05, 0) is 12.5 Å². The second-order valence-electron chi connectivity index (χ2n) is 4.09. The molecule has 2 aromatic heterocycles. The number of rotatable bonds is 4. The van der Waals surface area contributed by atoms with E-state index < -0.39 is 0 Å². The van der Waals surface area contributed by atoms with E-state index in [4.69, 9.17) is 0 Å². The Morgan fingerprint density at radius 1 is 1.00 bits per heavy atom. The third kappa shape index (κ3) is 5.91. The first-order valence-corrected chi connectivity index (χ1v) is 5.73. The molecule has 0 aromatic carbocycles. The van der Waals surface area contributed by atoms with Crippen molar-refractivity contribution < 1.29 is 50.1 Å². The molecule has 0 bridgehead atoms.